The van der Waals surface area contributed by atoms with E-state index in [0.717, 1.165) is 5.35 Å². The van der Waals surface area contributed by atoms with E-state index in [-0.39, 0.29) is 0 Å². The zero-order valence-electron chi connectivity index (χ0n) is 6.16. The third kappa shape index (κ3) is 1.67. The van der Waals surface area contributed by atoms with Gasteiger partial charge in [0.05, 0.1) is 0 Å². The van der Waals surface area contributed by atoms with Crippen molar-refractivity contribution in [2.75, 3.05) is 0 Å². The van der Waals surface area contributed by atoms with Gasteiger partial charge in [0.25, 0.3) is 0 Å². The molecule has 2 heteroatoms. The smallest absolute Gasteiger partial charge is 0.181 e. The molecule has 0 fully saturated rings. The first-order valence-electron chi connectivity index (χ1n) is 3.23. The van der Waals surface area contributed by atoms with Gasteiger partial charge in [-0.3, -0.25) is 0 Å². The van der Waals surface area contributed by atoms with Crippen molar-refractivity contribution >= 4 is 12.2 Å². The number of rotatable bonds is 2. The molecular formula is C9H9NO. The average molecular weight is 147 g/mol. The van der Waals surface area contributed by atoms with Crippen molar-refractivity contribution in [3.63, 3.8) is 0 Å². The lowest BCUT2D eigenvalue weighted by molar-refractivity contribution is 0.525. The standard InChI is InChI=1S/C9H9NO/c1-3-5-8-9(6-4-2)11-7-10-8/h3-7H,1-2H2/b8-5+,9-6+. The van der Waals surface area contributed by atoms with E-state index in [4.69, 9.17) is 4.42 Å². The molecule has 0 aliphatic carbocycles. The maximum atomic E-state index is 5.04. The summed E-state index contributed by atoms with van der Waals surface area (Å²) >= 11 is 0. The third-order valence-electron chi connectivity index (χ3n) is 1.17. The molecule has 0 aromatic carbocycles. The van der Waals surface area contributed by atoms with Crippen LogP contribution in [0.25, 0.3) is 12.2 Å². The summed E-state index contributed by atoms with van der Waals surface area (Å²) in [7, 11) is 0. The molecule has 2 nitrogen and oxygen atoms in total. The van der Waals surface area contributed by atoms with Crippen LogP contribution in [0.15, 0.2) is 36.1 Å². The Labute approximate surface area is 64.9 Å². The Balaban J connectivity index is 3.38. The zero-order chi connectivity index (χ0) is 8.10. The summed E-state index contributed by atoms with van der Waals surface area (Å²) in [5.41, 5.74) is 0.708. The zero-order valence-corrected chi connectivity index (χ0v) is 6.16. The maximum Gasteiger partial charge on any atom is 0.181 e. The van der Waals surface area contributed by atoms with Crippen molar-refractivity contribution in [1.82, 2.24) is 4.98 Å². The monoisotopic (exact) mass is 147 g/mol. The first-order chi connectivity index (χ1) is 5.38. The Morgan fingerprint density at radius 2 is 2.00 bits per heavy atom. The predicted octanol–water partition coefficient (Wildman–Crippen LogP) is 0.608. The van der Waals surface area contributed by atoms with E-state index >= 15 is 0 Å². The Kier molecular flexibility index (Phi) is 2.44. The molecule has 1 aromatic heterocycles. The highest BCUT2D eigenvalue weighted by molar-refractivity contribution is 5.37. The highest BCUT2D eigenvalue weighted by Crippen LogP contribution is 1.68. The van der Waals surface area contributed by atoms with Gasteiger partial charge in [0, 0.05) is 0 Å². The molecule has 0 aliphatic heterocycles. The summed E-state index contributed by atoms with van der Waals surface area (Å²) < 4.78 is 5.04. The van der Waals surface area contributed by atoms with Crippen LogP contribution in [0.5, 0.6) is 0 Å². The Bertz CT molecular complexity index is 325. The number of oxazole rings is 1. The molecule has 0 unspecified atom stereocenters. The normalized spacial score (nSPS) is 13.5. The molecule has 0 saturated carbocycles. The summed E-state index contributed by atoms with van der Waals surface area (Å²) in [4.78, 5) is 3.95. The van der Waals surface area contributed by atoms with Gasteiger partial charge in [0.1, 0.15) is 5.35 Å². The number of hydrogen-bond acceptors (Lipinski definition) is 2. The fourth-order valence-corrected chi connectivity index (χ4v) is 0.732. The van der Waals surface area contributed by atoms with Crippen LogP contribution >= 0.6 is 0 Å². The van der Waals surface area contributed by atoms with Crippen molar-refractivity contribution in [2.45, 2.75) is 0 Å². The van der Waals surface area contributed by atoms with Crippen molar-refractivity contribution in [3.8, 4) is 0 Å². The molecule has 0 spiro atoms. The molecule has 0 N–H and O–H groups in total. The number of nitrogens with zero attached hydrogens (tertiary/aromatic N) is 1. The number of hydrogen-bond donors (Lipinski definition) is 0. The minimum Gasteiger partial charge on any atom is -0.443 e. The largest absolute Gasteiger partial charge is 0.443 e. The Morgan fingerprint density at radius 3 is 2.64 bits per heavy atom. The van der Waals surface area contributed by atoms with Crippen LogP contribution in [-0.2, 0) is 0 Å². The van der Waals surface area contributed by atoms with Crippen molar-refractivity contribution < 1.29 is 4.42 Å². The van der Waals surface area contributed by atoms with Crippen LogP contribution in [0.4, 0.5) is 0 Å². The Hall–Kier alpha value is -1.57. The highest BCUT2D eigenvalue weighted by Gasteiger charge is 1.84. The molecule has 1 aromatic rings. The van der Waals surface area contributed by atoms with Crippen LogP contribution in [0, 0.1) is 0 Å². The first-order valence-corrected chi connectivity index (χ1v) is 3.23. The van der Waals surface area contributed by atoms with Crippen molar-refractivity contribution in [2.24, 2.45) is 0 Å². The van der Waals surface area contributed by atoms with Gasteiger partial charge in [0.2, 0.25) is 0 Å². The van der Waals surface area contributed by atoms with Crippen LogP contribution in [-0.4, -0.2) is 4.98 Å². The molecule has 0 saturated heterocycles. The third-order valence-corrected chi connectivity index (χ3v) is 1.17. The van der Waals surface area contributed by atoms with E-state index in [2.05, 4.69) is 18.1 Å². The van der Waals surface area contributed by atoms with E-state index in [9.17, 15) is 0 Å². The van der Waals surface area contributed by atoms with Crippen LogP contribution in [0.1, 0.15) is 0 Å². The van der Waals surface area contributed by atoms with Gasteiger partial charge in [-0.25, -0.2) is 4.98 Å². The molecule has 56 valence electrons. The van der Waals surface area contributed by atoms with Crippen molar-refractivity contribution in [3.05, 3.63) is 42.5 Å². The molecule has 0 amide bonds. The number of aromatic nitrogens is 1. The molecular weight excluding hydrogens is 138 g/mol. The fourth-order valence-electron chi connectivity index (χ4n) is 0.732. The van der Waals surface area contributed by atoms with Crippen molar-refractivity contribution in [1.29, 1.82) is 0 Å². The SMILES string of the molecule is C=C/C=c1/nco/c1=C/C=C. The maximum absolute atomic E-state index is 5.04. The van der Waals surface area contributed by atoms with Gasteiger partial charge in [-0.15, -0.1) is 0 Å². The summed E-state index contributed by atoms with van der Waals surface area (Å²) in [6.07, 6.45) is 8.24. The summed E-state index contributed by atoms with van der Waals surface area (Å²) in [6.45, 7) is 7.11. The van der Waals surface area contributed by atoms with E-state index in [1.165, 1.54) is 6.39 Å². The minimum absolute atomic E-state index is 0.708. The summed E-state index contributed by atoms with van der Waals surface area (Å²) in [5, 5.41) is 0.778. The minimum atomic E-state index is 0.708. The lowest BCUT2D eigenvalue weighted by Crippen LogP contribution is -2.20. The van der Waals surface area contributed by atoms with E-state index in [1.54, 1.807) is 24.3 Å². The summed E-state index contributed by atoms with van der Waals surface area (Å²) in [6, 6.07) is 0. The molecule has 1 rings (SSSR count). The van der Waals surface area contributed by atoms with Gasteiger partial charge in [0.15, 0.2) is 11.8 Å². The highest BCUT2D eigenvalue weighted by atomic mass is 16.3. The van der Waals surface area contributed by atoms with Gasteiger partial charge < -0.3 is 4.42 Å². The number of allylic oxidation sites excluding steroid dienone is 2. The fraction of sp³-hybridized carbons (Fsp3) is 0. The lowest BCUT2D eigenvalue weighted by atomic mass is 10.4. The van der Waals surface area contributed by atoms with Gasteiger partial charge in [-0.05, 0) is 12.2 Å². The van der Waals surface area contributed by atoms with Crippen LogP contribution < -0.4 is 10.8 Å². The van der Waals surface area contributed by atoms with Gasteiger partial charge in [-0.2, -0.15) is 0 Å². The van der Waals surface area contributed by atoms with Gasteiger partial charge >= 0.3 is 0 Å². The molecule has 0 radical (unpaired) electrons. The molecule has 11 heavy (non-hydrogen) atoms. The Morgan fingerprint density at radius 1 is 1.27 bits per heavy atom. The van der Waals surface area contributed by atoms with E-state index < -0.39 is 0 Å². The van der Waals surface area contributed by atoms with Gasteiger partial charge in [-0.1, -0.05) is 25.3 Å². The second-order valence-electron chi connectivity index (χ2n) is 1.91. The van der Waals surface area contributed by atoms with Crippen LogP contribution in [0.2, 0.25) is 0 Å². The molecule has 1 heterocycles. The quantitative estimate of drug-likeness (QED) is 0.612. The lowest BCUT2D eigenvalue weighted by Gasteiger charge is -1.71. The second kappa shape index (κ2) is 3.56. The molecule has 0 atom stereocenters. The average Bonchev–Trinajstić information content (AvgIpc) is 2.39. The predicted molar refractivity (Wildman–Crippen MR) is 45.1 cm³/mol. The second-order valence-corrected chi connectivity index (χ2v) is 1.91. The first kappa shape index (κ1) is 7.54. The summed E-state index contributed by atoms with van der Waals surface area (Å²) in [5.74, 6) is 0. The van der Waals surface area contributed by atoms with Crippen LogP contribution in [0.3, 0.4) is 0 Å². The van der Waals surface area contributed by atoms with E-state index in [1.807, 2.05) is 0 Å². The molecule has 0 bridgehead atoms. The molecule has 0 aliphatic rings. The van der Waals surface area contributed by atoms with E-state index in [0.29, 0.717) is 5.42 Å². The topological polar surface area (TPSA) is 26.0 Å².